The minimum Gasteiger partial charge on any atom is -0.505 e. The Bertz CT molecular complexity index is 560. The standard InChI is InChI=1S/C14H18N2O5/c1-8-5-6-16(7-11(8)17)14(21)15-10-4-2-3-9(12(10)18)13(19)20/h2-4,8,11,17-18H,5-7H2,1H3,(H,15,21)(H,19,20). The molecule has 7 nitrogen and oxygen atoms in total. The van der Waals surface area contributed by atoms with Crippen LogP contribution in [0.4, 0.5) is 10.5 Å². The zero-order valence-electron chi connectivity index (χ0n) is 11.6. The van der Waals surface area contributed by atoms with Crippen molar-refractivity contribution in [3.05, 3.63) is 23.8 Å². The molecule has 1 aliphatic rings. The van der Waals surface area contributed by atoms with Gasteiger partial charge in [0.1, 0.15) is 5.56 Å². The van der Waals surface area contributed by atoms with Crippen LogP contribution in [-0.4, -0.2) is 51.4 Å². The average molecular weight is 294 g/mol. The van der Waals surface area contributed by atoms with Gasteiger partial charge in [-0.3, -0.25) is 0 Å². The van der Waals surface area contributed by atoms with Crippen molar-refractivity contribution in [1.29, 1.82) is 0 Å². The number of carbonyl (C=O) groups is 2. The first-order valence-electron chi connectivity index (χ1n) is 6.69. The Morgan fingerprint density at radius 1 is 1.38 bits per heavy atom. The van der Waals surface area contributed by atoms with Gasteiger partial charge in [0.15, 0.2) is 5.75 Å². The first-order chi connectivity index (χ1) is 9.90. The van der Waals surface area contributed by atoms with E-state index in [4.69, 9.17) is 5.11 Å². The van der Waals surface area contributed by atoms with E-state index in [-0.39, 0.29) is 23.7 Å². The first kappa shape index (κ1) is 15.1. The fourth-order valence-electron chi connectivity index (χ4n) is 2.24. The van der Waals surface area contributed by atoms with Gasteiger partial charge in [-0.05, 0) is 24.5 Å². The summed E-state index contributed by atoms with van der Waals surface area (Å²) in [5.41, 5.74) is -0.242. The number of nitrogens with one attached hydrogen (secondary N) is 1. The summed E-state index contributed by atoms with van der Waals surface area (Å²) in [7, 11) is 0. The molecule has 0 aliphatic carbocycles. The number of para-hydroxylation sites is 1. The number of β-amino-alcohol motifs (C(OH)–C–C–N with tert-alkyl or cyclic N) is 1. The van der Waals surface area contributed by atoms with Crippen LogP contribution >= 0.6 is 0 Å². The van der Waals surface area contributed by atoms with Crippen LogP contribution in [-0.2, 0) is 0 Å². The average Bonchev–Trinajstić information content (AvgIpc) is 2.43. The SMILES string of the molecule is CC1CCN(C(=O)Nc2cccc(C(=O)O)c2O)CC1O. The van der Waals surface area contributed by atoms with Crippen molar-refractivity contribution in [2.45, 2.75) is 19.4 Å². The Kier molecular flexibility index (Phi) is 4.32. The van der Waals surface area contributed by atoms with Gasteiger partial charge >= 0.3 is 12.0 Å². The summed E-state index contributed by atoms with van der Waals surface area (Å²) in [6.45, 7) is 2.64. The van der Waals surface area contributed by atoms with Crippen LogP contribution < -0.4 is 5.32 Å². The minimum atomic E-state index is -1.27. The highest BCUT2D eigenvalue weighted by Crippen LogP contribution is 2.28. The van der Waals surface area contributed by atoms with Crippen molar-refractivity contribution in [1.82, 2.24) is 4.90 Å². The summed E-state index contributed by atoms with van der Waals surface area (Å²) in [5.74, 6) is -1.62. The van der Waals surface area contributed by atoms with Crippen molar-refractivity contribution >= 4 is 17.7 Å². The maximum atomic E-state index is 12.1. The molecule has 0 saturated carbocycles. The third kappa shape index (κ3) is 3.25. The molecular weight excluding hydrogens is 276 g/mol. The molecule has 0 spiro atoms. The van der Waals surface area contributed by atoms with Gasteiger partial charge in [-0.25, -0.2) is 9.59 Å². The predicted molar refractivity (Wildman–Crippen MR) is 75.4 cm³/mol. The number of aromatic hydroxyl groups is 1. The predicted octanol–water partition coefficient (Wildman–Crippen LogP) is 1.32. The Morgan fingerprint density at radius 3 is 2.71 bits per heavy atom. The Balaban J connectivity index is 2.10. The molecule has 0 aromatic heterocycles. The lowest BCUT2D eigenvalue weighted by Gasteiger charge is -2.34. The molecule has 1 aliphatic heterocycles. The summed E-state index contributed by atoms with van der Waals surface area (Å²) in [5, 5.41) is 31.0. The number of hydrogen-bond donors (Lipinski definition) is 4. The number of hydrogen-bond acceptors (Lipinski definition) is 4. The van der Waals surface area contributed by atoms with E-state index < -0.39 is 23.9 Å². The van der Waals surface area contributed by atoms with Crippen molar-refractivity contribution in [2.75, 3.05) is 18.4 Å². The number of piperidine rings is 1. The van der Waals surface area contributed by atoms with Crippen molar-refractivity contribution in [3.8, 4) is 5.75 Å². The van der Waals surface area contributed by atoms with Gasteiger partial charge in [-0.1, -0.05) is 13.0 Å². The van der Waals surface area contributed by atoms with Crippen LogP contribution in [0.3, 0.4) is 0 Å². The van der Waals surface area contributed by atoms with Gasteiger partial charge in [-0.15, -0.1) is 0 Å². The fraction of sp³-hybridized carbons (Fsp3) is 0.429. The number of aliphatic hydroxyl groups excluding tert-OH is 1. The van der Waals surface area contributed by atoms with E-state index in [0.717, 1.165) is 0 Å². The smallest absolute Gasteiger partial charge is 0.339 e. The molecule has 4 N–H and O–H groups in total. The number of benzene rings is 1. The van der Waals surface area contributed by atoms with Gasteiger partial charge < -0.3 is 25.5 Å². The van der Waals surface area contributed by atoms with Gasteiger partial charge in [0.05, 0.1) is 11.8 Å². The summed E-state index contributed by atoms with van der Waals surface area (Å²) >= 11 is 0. The lowest BCUT2D eigenvalue weighted by Crippen LogP contribution is -2.47. The lowest BCUT2D eigenvalue weighted by atomic mass is 9.96. The van der Waals surface area contributed by atoms with E-state index >= 15 is 0 Å². The number of nitrogens with zero attached hydrogens (tertiary/aromatic N) is 1. The number of rotatable bonds is 2. The third-order valence-electron chi connectivity index (χ3n) is 3.71. The Hall–Kier alpha value is -2.28. The van der Waals surface area contributed by atoms with E-state index in [1.54, 1.807) is 0 Å². The van der Waals surface area contributed by atoms with Gasteiger partial charge in [0.25, 0.3) is 0 Å². The maximum Gasteiger partial charge on any atom is 0.339 e. The number of anilines is 1. The Labute approximate surface area is 121 Å². The number of carboxylic acids is 1. The minimum absolute atomic E-state index is 0.0352. The summed E-state index contributed by atoms with van der Waals surface area (Å²) in [6, 6.07) is 3.63. The fourth-order valence-corrected chi connectivity index (χ4v) is 2.24. The number of phenols is 1. The molecule has 2 atom stereocenters. The monoisotopic (exact) mass is 294 g/mol. The van der Waals surface area contributed by atoms with Crippen molar-refractivity contribution in [2.24, 2.45) is 5.92 Å². The molecule has 2 unspecified atom stereocenters. The topological polar surface area (TPSA) is 110 Å². The number of urea groups is 1. The van der Waals surface area contributed by atoms with Crippen LogP contribution in [0.1, 0.15) is 23.7 Å². The zero-order chi connectivity index (χ0) is 15.6. The van der Waals surface area contributed by atoms with Crippen LogP contribution in [0.2, 0.25) is 0 Å². The highest BCUT2D eigenvalue weighted by molar-refractivity contribution is 5.97. The highest BCUT2D eigenvalue weighted by atomic mass is 16.4. The van der Waals surface area contributed by atoms with Gasteiger partial charge in [0, 0.05) is 13.1 Å². The summed E-state index contributed by atoms with van der Waals surface area (Å²) in [4.78, 5) is 24.5. The molecule has 1 fully saturated rings. The quantitative estimate of drug-likeness (QED) is 0.615. The van der Waals surface area contributed by atoms with Crippen molar-refractivity contribution < 1.29 is 24.9 Å². The number of carboxylic acid groups (broad SMARTS) is 1. The number of carbonyl (C=O) groups excluding carboxylic acids is 1. The molecular formula is C14H18N2O5. The molecule has 1 saturated heterocycles. The second kappa shape index (κ2) is 6.01. The molecule has 1 aromatic rings. The van der Waals surface area contributed by atoms with E-state index in [0.29, 0.717) is 13.0 Å². The van der Waals surface area contributed by atoms with Crippen LogP contribution in [0.5, 0.6) is 5.75 Å². The second-order valence-corrected chi connectivity index (χ2v) is 5.22. The lowest BCUT2D eigenvalue weighted by molar-refractivity contribution is 0.0463. The van der Waals surface area contributed by atoms with Crippen LogP contribution in [0.15, 0.2) is 18.2 Å². The molecule has 21 heavy (non-hydrogen) atoms. The number of likely N-dealkylation sites (tertiary alicyclic amines) is 1. The number of aromatic carboxylic acids is 1. The summed E-state index contributed by atoms with van der Waals surface area (Å²) in [6.07, 6.45) is 0.110. The molecule has 0 bridgehead atoms. The first-order valence-corrected chi connectivity index (χ1v) is 6.69. The van der Waals surface area contributed by atoms with E-state index in [1.807, 2.05) is 6.92 Å². The normalized spacial score (nSPS) is 21.9. The third-order valence-corrected chi connectivity index (χ3v) is 3.71. The second-order valence-electron chi connectivity index (χ2n) is 5.22. The van der Waals surface area contributed by atoms with Gasteiger partial charge in [-0.2, -0.15) is 0 Å². The Morgan fingerprint density at radius 2 is 2.10 bits per heavy atom. The molecule has 7 heteroatoms. The van der Waals surface area contributed by atoms with Crippen LogP contribution in [0.25, 0.3) is 0 Å². The molecule has 2 amide bonds. The summed E-state index contributed by atoms with van der Waals surface area (Å²) < 4.78 is 0. The van der Waals surface area contributed by atoms with Crippen molar-refractivity contribution in [3.63, 3.8) is 0 Å². The molecule has 1 aromatic carbocycles. The molecule has 1 heterocycles. The maximum absolute atomic E-state index is 12.1. The largest absolute Gasteiger partial charge is 0.505 e. The van der Waals surface area contributed by atoms with E-state index in [9.17, 15) is 19.8 Å². The number of aliphatic hydroxyl groups is 1. The zero-order valence-corrected chi connectivity index (χ0v) is 11.6. The van der Waals surface area contributed by atoms with Gasteiger partial charge in [0.2, 0.25) is 0 Å². The van der Waals surface area contributed by atoms with Crippen LogP contribution in [0, 0.1) is 5.92 Å². The highest BCUT2D eigenvalue weighted by Gasteiger charge is 2.27. The van der Waals surface area contributed by atoms with E-state index in [1.165, 1.54) is 23.1 Å². The van der Waals surface area contributed by atoms with E-state index in [2.05, 4.69) is 5.32 Å². The molecule has 2 rings (SSSR count). The molecule has 0 radical (unpaired) electrons. The molecule has 114 valence electrons. The number of amides is 2.